The summed E-state index contributed by atoms with van der Waals surface area (Å²) in [5.41, 5.74) is -0.130. The summed E-state index contributed by atoms with van der Waals surface area (Å²) < 4.78 is 7.59. The molecule has 1 aliphatic rings. The van der Waals surface area contributed by atoms with Crippen LogP contribution < -0.4 is 5.49 Å². The first-order chi connectivity index (χ1) is 13.8. The molecule has 0 amide bonds. The molecule has 4 N–H and O–H groups in total. The third-order valence-corrected chi connectivity index (χ3v) is 5.47. The minimum absolute atomic E-state index is 0.359. The normalized spacial score (nSPS) is 27.3. The third kappa shape index (κ3) is 3.30. The van der Waals surface area contributed by atoms with Gasteiger partial charge in [-0.15, -0.1) is 0 Å². The maximum atomic E-state index is 11.1. The second-order valence-corrected chi connectivity index (χ2v) is 7.50. The molecule has 3 heterocycles. The lowest BCUT2D eigenvalue weighted by atomic mass is 9.87. The minimum Gasteiger partial charge on any atom is -0.397 e. The number of halogens is 1. The van der Waals surface area contributed by atoms with Crippen LogP contribution in [0.4, 0.5) is 0 Å². The number of ether oxygens (including phenoxy) is 1. The first kappa shape index (κ1) is 19.9. The Morgan fingerprint density at radius 2 is 1.97 bits per heavy atom. The van der Waals surface area contributed by atoms with Crippen molar-refractivity contribution < 1.29 is 24.9 Å². The minimum atomic E-state index is -1.56. The molecule has 3 aromatic rings. The lowest BCUT2D eigenvalue weighted by Gasteiger charge is -2.32. The van der Waals surface area contributed by atoms with Crippen LogP contribution in [0.25, 0.3) is 11.0 Å². The van der Waals surface area contributed by atoms with Crippen LogP contribution in [0.3, 0.4) is 0 Å². The van der Waals surface area contributed by atoms with Gasteiger partial charge in [0, 0.05) is 11.2 Å². The van der Waals surface area contributed by atoms with Crippen LogP contribution in [0.1, 0.15) is 18.7 Å². The Kier molecular flexibility index (Phi) is 5.09. The maximum absolute atomic E-state index is 11.1. The van der Waals surface area contributed by atoms with E-state index in [4.69, 9.17) is 21.2 Å². The van der Waals surface area contributed by atoms with E-state index < -0.39 is 30.1 Å². The fraction of sp³-hybridized carbons (Fsp3) is 0.368. The summed E-state index contributed by atoms with van der Waals surface area (Å²) in [6.45, 7) is 1.53. The van der Waals surface area contributed by atoms with E-state index in [1.807, 2.05) is 0 Å². The Morgan fingerprint density at radius 3 is 2.66 bits per heavy atom. The van der Waals surface area contributed by atoms with Crippen molar-refractivity contribution in [3.8, 4) is 0 Å². The van der Waals surface area contributed by atoms with Gasteiger partial charge >= 0.3 is 0 Å². The molecule has 1 aromatic carbocycles. The van der Waals surface area contributed by atoms with Crippen LogP contribution >= 0.6 is 11.6 Å². The van der Waals surface area contributed by atoms with Gasteiger partial charge in [0.15, 0.2) is 6.23 Å². The van der Waals surface area contributed by atoms with Gasteiger partial charge in [-0.3, -0.25) is 0 Å². The van der Waals surface area contributed by atoms with Crippen LogP contribution in [-0.2, 0) is 15.2 Å². The molecule has 0 bridgehead atoms. The number of hydrogen-bond acceptors (Lipinski definition) is 7. The first-order valence-corrected chi connectivity index (χ1v) is 9.34. The lowest BCUT2D eigenvalue weighted by molar-refractivity contribution is -0.135. The van der Waals surface area contributed by atoms with Gasteiger partial charge in [-0.2, -0.15) is 0 Å². The number of aliphatic hydroxyl groups excluding tert-OH is 2. The average molecular weight is 421 g/mol. The topological polar surface area (TPSA) is 125 Å². The lowest BCUT2D eigenvalue weighted by Crippen LogP contribution is -2.45. The molecule has 0 aliphatic carbocycles. The highest BCUT2D eigenvalue weighted by molar-refractivity contribution is 6.30. The number of rotatable bonds is 4. The number of nitrogens with one attached hydrogen (secondary N) is 1. The fourth-order valence-electron chi connectivity index (χ4n) is 3.68. The van der Waals surface area contributed by atoms with E-state index in [9.17, 15) is 15.3 Å². The number of H-pyrrole nitrogens is 1. The van der Waals surface area contributed by atoms with Crippen molar-refractivity contribution in [2.75, 3.05) is 7.11 Å². The van der Waals surface area contributed by atoms with E-state index in [0.717, 1.165) is 0 Å². The highest BCUT2D eigenvalue weighted by Crippen LogP contribution is 2.40. The number of benzene rings is 1. The Balaban J connectivity index is 1.71. The maximum Gasteiger partial charge on any atom is 0.203 e. The van der Waals surface area contributed by atoms with Gasteiger partial charge < -0.3 is 34.4 Å². The monoisotopic (exact) mass is 420 g/mol. The van der Waals surface area contributed by atoms with E-state index in [1.165, 1.54) is 20.4 Å². The summed E-state index contributed by atoms with van der Waals surface area (Å²) in [6.07, 6.45) is -1.51. The molecule has 9 nitrogen and oxygen atoms in total. The molecular weight excluding hydrogens is 400 g/mol. The second kappa shape index (κ2) is 7.43. The zero-order valence-electron chi connectivity index (χ0n) is 15.7. The molecule has 5 atom stereocenters. The van der Waals surface area contributed by atoms with Crippen LogP contribution in [-0.4, -0.2) is 55.3 Å². The van der Waals surface area contributed by atoms with Crippen LogP contribution in [0.5, 0.6) is 0 Å². The van der Waals surface area contributed by atoms with E-state index in [1.54, 1.807) is 41.1 Å². The molecule has 4 rings (SSSR count). The highest BCUT2D eigenvalue weighted by Gasteiger charge is 2.52. The van der Waals surface area contributed by atoms with Gasteiger partial charge in [-0.05, 0) is 30.7 Å². The molecule has 10 heteroatoms. The largest absolute Gasteiger partial charge is 0.397 e. The van der Waals surface area contributed by atoms with Crippen molar-refractivity contribution in [1.82, 2.24) is 14.5 Å². The molecule has 1 saturated heterocycles. The number of fused-ring (bicyclic) bond motifs is 1. The number of nitrogens with zero attached hydrogens (tertiary/aromatic N) is 3. The molecule has 1 aliphatic heterocycles. The fourth-order valence-corrected chi connectivity index (χ4v) is 3.81. The van der Waals surface area contributed by atoms with Gasteiger partial charge in [-0.1, -0.05) is 28.9 Å². The quantitative estimate of drug-likeness (QED) is 0.467. The van der Waals surface area contributed by atoms with Crippen molar-refractivity contribution in [2.24, 2.45) is 5.16 Å². The molecule has 29 heavy (non-hydrogen) atoms. The molecule has 1 unspecified atom stereocenters. The van der Waals surface area contributed by atoms with Crippen molar-refractivity contribution in [1.29, 1.82) is 0 Å². The van der Waals surface area contributed by atoms with Gasteiger partial charge in [-0.25, -0.2) is 4.98 Å². The number of aliphatic hydroxyl groups is 3. The van der Waals surface area contributed by atoms with E-state index in [2.05, 4.69) is 15.1 Å². The molecule has 0 saturated carbocycles. The van der Waals surface area contributed by atoms with Crippen LogP contribution in [0.15, 0.2) is 48.0 Å². The molecule has 0 radical (unpaired) electrons. The van der Waals surface area contributed by atoms with E-state index in [-0.39, 0.29) is 0 Å². The number of aromatic nitrogens is 3. The van der Waals surface area contributed by atoms with Gasteiger partial charge in [0.1, 0.15) is 36.7 Å². The molecular formula is C19H21ClN4O5. The molecule has 1 fully saturated rings. The molecule has 2 aromatic heterocycles. The summed E-state index contributed by atoms with van der Waals surface area (Å²) in [4.78, 5) is 11.9. The predicted octanol–water partition coefficient (Wildman–Crippen LogP) is 1.01. The van der Waals surface area contributed by atoms with Crippen molar-refractivity contribution in [2.45, 2.75) is 37.1 Å². The van der Waals surface area contributed by atoms with E-state index in [0.29, 0.717) is 27.1 Å². The van der Waals surface area contributed by atoms with Crippen molar-refractivity contribution >= 4 is 22.6 Å². The van der Waals surface area contributed by atoms with Gasteiger partial charge in [0.25, 0.3) is 0 Å². The number of hydrogen-bond donors (Lipinski definition) is 4. The Bertz CT molecular complexity index is 1080. The highest BCUT2D eigenvalue weighted by atomic mass is 35.5. The summed E-state index contributed by atoms with van der Waals surface area (Å²) >= 11 is 5.92. The Hall–Kier alpha value is -2.43. The molecule has 0 spiro atoms. The van der Waals surface area contributed by atoms with Crippen molar-refractivity contribution in [3.63, 3.8) is 0 Å². The predicted molar refractivity (Wildman–Crippen MR) is 104 cm³/mol. The zero-order valence-corrected chi connectivity index (χ0v) is 16.5. The standard InChI is InChI=1S/C19H21ClN4O5/c1-19(27,10-3-5-11(20)6-4-10)15-13(25)14(26)18(29-15)24-8-7-12-16(23-28-2)21-9-22-17(12)24/h3-9,13-15,18,25-27H,1-2H3,(H,21,22,23)/t13-,14+,15-,18+,19?/m0/s1. The van der Waals surface area contributed by atoms with E-state index >= 15 is 0 Å². The molecule has 154 valence electrons. The third-order valence-electron chi connectivity index (χ3n) is 5.22. The second-order valence-electron chi connectivity index (χ2n) is 7.07. The van der Waals surface area contributed by atoms with Crippen LogP contribution in [0, 0.1) is 0 Å². The number of aromatic amines is 1. The first-order valence-electron chi connectivity index (χ1n) is 8.96. The van der Waals surface area contributed by atoms with Gasteiger partial charge in [0.05, 0.1) is 11.7 Å². The Labute approximate surface area is 170 Å². The summed E-state index contributed by atoms with van der Waals surface area (Å²) in [5.74, 6) is 0. The average Bonchev–Trinajstić information content (AvgIpc) is 3.25. The summed E-state index contributed by atoms with van der Waals surface area (Å²) in [7, 11) is 1.42. The summed E-state index contributed by atoms with van der Waals surface area (Å²) in [5, 5.41) is 37.5. The van der Waals surface area contributed by atoms with Gasteiger partial charge in [0.2, 0.25) is 5.49 Å². The Morgan fingerprint density at radius 1 is 1.24 bits per heavy atom. The SMILES string of the molecule is CO/N=c1/nc[nH]c2c1ccn2[C@@H]1O[C@H](C(C)(O)c2ccc(Cl)cc2)[C@@H](O)[C@H]1O. The summed E-state index contributed by atoms with van der Waals surface area (Å²) in [6, 6.07) is 8.33. The smallest absolute Gasteiger partial charge is 0.203 e. The zero-order chi connectivity index (χ0) is 20.8. The van der Waals surface area contributed by atoms with Crippen molar-refractivity contribution in [3.05, 3.63) is 58.9 Å². The van der Waals surface area contributed by atoms with Crippen LogP contribution in [0.2, 0.25) is 5.02 Å².